The Kier molecular flexibility index (Phi) is 7.02. The van der Waals surface area contributed by atoms with E-state index in [0.29, 0.717) is 17.9 Å². The number of ether oxygens (including phenoxy) is 1. The first-order valence-electron chi connectivity index (χ1n) is 10.3. The maximum atomic E-state index is 12.4. The molecular formula is C23H30N2O4S. The molecule has 1 aliphatic carbocycles. The van der Waals surface area contributed by atoms with Gasteiger partial charge in [-0.05, 0) is 61.4 Å². The third kappa shape index (κ3) is 5.53. The highest BCUT2D eigenvalue weighted by atomic mass is 32.2. The minimum atomic E-state index is -3.47. The van der Waals surface area contributed by atoms with Gasteiger partial charge in [-0.1, -0.05) is 24.3 Å². The summed E-state index contributed by atoms with van der Waals surface area (Å²) >= 11 is 0. The van der Waals surface area contributed by atoms with E-state index in [9.17, 15) is 13.2 Å². The SMILES string of the molecule is COc1cccc(N(CCCC(=O)NC(C)c2ccc3c(c2)CCC3)S(C)(=O)=O)c1. The van der Waals surface area contributed by atoms with Crippen molar-refractivity contribution in [1.82, 2.24) is 5.32 Å². The number of carbonyl (C=O) groups is 1. The Morgan fingerprint density at radius 3 is 2.67 bits per heavy atom. The molecule has 3 rings (SSSR count). The molecule has 1 unspecified atom stereocenters. The summed E-state index contributed by atoms with van der Waals surface area (Å²) in [6.45, 7) is 2.21. The van der Waals surface area contributed by atoms with Crippen molar-refractivity contribution >= 4 is 21.6 Å². The van der Waals surface area contributed by atoms with Gasteiger partial charge in [-0.3, -0.25) is 9.10 Å². The first kappa shape index (κ1) is 22.2. The van der Waals surface area contributed by atoms with E-state index < -0.39 is 10.0 Å². The molecule has 7 heteroatoms. The van der Waals surface area contributed by atoms with E-state index in [4.69, 9.17) is 4.74 Å². The molecule has 0 saturated carbocycles. The van der Waals surface area contributed by atoms with Crippen LogP contribution in [-0.4, -0.2) is 34.2 Å². The molecule has 0 fully saturated rings. The Hall–Kier alpha value is -2.54. The quantitative estimate of drug-likeness (QED) is 0.659. The van der Waals surface area contributed by atoms with E-state index in [2.05, 4.69) is 23.5 Å². The highest BCUT2D eigenvalue weighted by Crippen LogP contribution is 2.26. The number of amides is 1. The van der Waals surface area contributed by atoms with E-state index in [0.717, 1.165) is 18.4 Å². The number of nitrogens with zero attached hydrogens (tertiary/aromatic N) is 1. The van der Waals surface area contributed by atoms with Crippen molar-refractivity contribution in [1.29, 1.82) is 0 Å². The topological polar surface area (TPSA) is 75.7 Å². The molecule has 30 heavy (non-hydrogen) atoms. The van der Waals surface area contributed by atoms with Gasteiger partial charge in [0.1, 0.15) is 5.75 Å². The molecule has 1 N–H and O–H groups in total. The molecule has 1 aliphatic rings. The van der Waals surface area contributed by atoms with Gasteiger partial charge >= 0.3 is 0 Å². The summed E-state index contributed by atoms with van der Waals surface area (Å²) < 4.78 is 31.0. The lowest BCUT2D eigenvalue weighted by Gasteiger charge is -2.23. The van der Waals surface area contributed by atoms with Crippen molar-refractivity contribution in [3.63, 3.8) is 0 Å². The highest BCUT2D eigenvalue weighted by molar-refractivity contribution is 7.92. The second-order valence-corrected chi connectivity index (χ2v) is 9.72. The monoisotopic (exact) mass is 430 g/mol. The lowest BCUT2D eigenvalue weighted by atomic mass is 10.0. The van der Waals surface area contributed by atoms with Crippen LogP contribution < -0.4 is 14.4 Å². The van der Waals surface area contributed by atoms with Crippen LogP contribution in [0.3, 0.4) is 0 Å². The molecule has 0 spiro atoms. The molecule has 2 aromatic carbocycles. The third-order valence-corrected chi connectivity index (χ3v) is 6.70. The fourth-order valence-corrected chi connectivity index (χ4v) is 4.85. The van der Waals surface area contributed by atoms with Crippen LogP contribution in [0.25, 0.3) is 0 Å². The molecule has 0 saturated heterocycles. The number of benzene rings is 2. The van der Waals surface area contributed by atoms with Gasteiger partial charge in [0, 0.05) is 19.0 Å². The summed E-state index contributed by atoms with van der Waals surface area (Å²) in [5.41, 5.74) is 4.44. The molecule has 0 heterocycles. The molecule has 2 aromatic rings. The van der Waals surface area contributed by atoms with Crippen molar-refractivity contribution < 1.29 is 17.9 Å². The Morgan fingerprint density at radius 1 is 1.17 bits per heavy atom. The van der Waals surface area contributed by atoms with Crippen LogP contribution in [0, 0.1) is 0 Å². The molecule has 1 atom stereocenters. The van der Waals surface area contributed by atoms with Crippen LogP contribution in [0.4, 0.5) is 5.69 Å². The second-order valence-electron chi connectivity index (χ2n) is 7.81. The zero-order valence-electron chi connectivity index (χ0n) is 17.8. The maximum Gasteiger partial charge on any atom is 0.232 e. The van der Waals surface area contributed by atoms with Crippen LogP contribution in [-0.2, 0) is 27.7 Å². The van der Waals surface area contributed by atoms with Gasteiger partial charge in [-0.15, -0.1) is 0 Å². The number of hydrogen-bond donors (Lipinski definition) is 1. The Morgan fingerprint density at radius 2 is 1.93 bits per heavy atom. The smallest absolute Gasteiger partial charge is 0.232 e. The predicted octanol–water partition coefficient (Wildman–Crippen LogP) is 3.61. The van der Waals surface area contributed by atoms with Crippen LogP contribution in [0.5, 0.6) is 5.75 Å². The highest BCUT2D eigenvalue weighted by Gasteiger charge is 2.19. The van der Waals surface area contributed by atoms with E-state index >= 15 is 0 Å². The number of anilines is 1. The molecule has 0 bridgehead atoms. The molecule has 1 amide bonds. The fourth-order valence-electron chi connectivity index (χ4n) is 3.89. The lowest BCUT2D eigenvalue weighted by molar-refractivity contribution is -0.121. The third-order valence-electron chi connectivity index (χ3n) is 5.51. The largest absolute Gasteiger partial charge is 0.497 e. The first-order valence-corrected chi connectivity index (χ1v) is 12.2. The van der Waals surface area contributed by atoms with Crippen LogP contribution >= 0.6 is 0 Å². The van der Waals surface area contributed by atoms with Crippen molar-refractivity contribution in [3.05, 3.63) is 59.2 Å². The molecule has 0 aliphatic heterocycles. The van der Waals surface area contributed by atoms with E-state index in [1.165, 1.54) is 35.2 Å². The van der Waals surface area contributed by atoms with Gasteiger partial charge in [0.2, 0.25) is 15.9 Å². The van der Waals surface area contributed by atoms with Crippen molar-refractivity contribution in [2.75, 3.05) is 24.2 Å². The lowest BCUT2D eigenvalue weighted by Crippen LogP contribution is -2.32. The summed E-state index contributed by atoms with van der Waals surface area (Å²) in [5.74, 6) is 0.504. The van der Waals surface area contributed by atoms with Gasteiger partial charge in [0.05, 0.1) is 25.1 Å². The summed E-state index contributed by atoms with van der Waals surface area (Å²) in [5, 5.41) is 3.03. The van der Waals surface area contributed by atoms with E-state index in [1.807, 2.05) is 6.92 Å². The number of sulfonamides is 1. The van der Waals surface area contributed by atoms with E-state index in [-0.39, 0.29) is 24.9 Å². The number of carbonyl (C=O) groups excluding carboxylic acids is 1. The summed E-state index contributed by atoms with van der Waals surface area (Å²) in [6, 6.07) is 13.3. The number of hydrogen-bond acceptors (Lipinski definition) is 4. The number of fused-ring (bicyclic) bond motifs is 1. The van der Waals surface area contributed by atoms with Crippen LogP contribution in [0.2, 0.25) is 0 Å². The summed E-state index contributed by atoms with van der Waals surface area (Å²) in [4.78, 5) is 12.4. The average molecular weight is 431 g/mol. The number of methoxy groups -OCH3 is 1. The van der Waals surface area contributed by atoms with Gasteiger partial charge in [0.25, 0.3) is 0 Å². The molecule has 162 valence electrons. The summed E-state index contributed by atoms with van der Waals surface area (Å²) in [7, 11) is -1.93. The minimum absolute atomic E-state index is 0.0761. The molecule has 6 nitrogen and oxygen atoms in total. The normalized spacial score (nSPS) is 14.1. The second kappa shape index (κ2) is 9.51. The zero-order chi connectivity index (χ0) is 21.7. The Bertz CT molecular complexity index is 1000. The van der Waals surface area contributed by atoms with Crippen LogP contribution in [0.15, 0.2) is 42.5 Å². The minimum Gasteiger partial charge on any atom is -0.497 e. The number of aryl methyl sites for hydroxylation is 2. The zero-order valence-corrected chi connectivity index (χ0v) is 18.7. The fraction of sp³-hybridized carbons (Fsp3) is 0.435. The van der Waals surface area contributed by atoms with Crippen molar-refractivity contribution in [3.8, 4) is 5.75 Å². The number of rotatable bonds is 9. The van der Waals surface area contributed by atoms with Gasteiger partial charge < -0.3 is 10.1 Å². The average Bonchev–Trinajstić information content (AvgIpc) is 3.18. The van der Waals surface area contributed by atoms with Gasteiger partial charge in [-0.25, -0.2) is 8.42 Å². The molecular weight excluding hydrogens is 400 g/mol. The first-order chi connectivity index (χ1) is 14.3. The Labute approximate surface area is 179 Å². The van der Waals surface area contributed by atoms with Crippen LogP contribution in [0.1, 0.15) is 48.9 Å². The molecule has 0 radical (unpaired) electrons. The standard InChI is InChI=1S/C23H30N2O4S/c1-17(19-13-12-18-7-4-8-20(18)15-19)24-23(26)11-6-14-25(30(3,27)28)21-9-5-10-22(16-21)29-2/h5,9-10,12-13,15-17H,4,6-8,11,14H2,1-3H3,(H,24,26). The predicted molar refractivity (Wildman–Crippen MR) is 119 cm³/mol. The summed E-state index contributed by atoms with van der Waals surface area (Å²) in [6.07, 6.45) is 5.29. The van der Waals surface area contributed by atoms with Gasteiger partial charge in [-0.2, -0.15) is 0 Å². The number of nitrogens with one attached hydrogen (secondary N) is 1. The van der Waals surface area contributed by atoms with Crippen molar-refractivity contribution in [2.24, 2.45) is 0 Å². The van der Waals surface area contributed by atoms with Crippen molar-refractivity contribution in [2.45, 2.75) is 45.1 Å². The maximum absolute atomic E-state index is 12.4. The van der Waals surface area contributed by atoms with E-state index in [1.54, 1.807) is 24.3 Å². The Balaban J connectivity index is 1.56. The van der Waals surface area contributed by atoms with Gasteiger partial charge in [0.15, 0.2) is 0 Å². The molecule has 0 aromatic heterocycles.